The maximum atomic E-state index is 11.8. The van der Waals surface area contributed by atoms with Crippen molar-refractivity contribution in [3.05, 3.63) is 33.8 Å². The van der Waals surface area contributed by atoms with Gasteiger partial charge in [0.1, 0.15) is 0 Å². The van der Waals surface area contributed by atoms with E-state index in [1.165, 1.54) is 0 Å². The number of halogens is 2. The van der Waals surface area contributed by atoms with Crippen LogP contribution in [0.25, 0.3) is 0 Å². The van der Waals surface area contributed by atoms with E-state index in [-0.39, 0.29) is 11.7 Å². The van der Waals surface area contributed by atoms with E-state index in [2.05, 4.69) is 0 Å². The summed E-state index contributed by atoms with van der Waals surface area (Å²) in [5, 5.41) is 1.06. The minimum absolute atomic E-state index is 0.181. The fourth-order valence-corrected chi connectivity index (χ4v) is 2.13. The molecule has 1 aliphatic carbocycles. The van der Waals surface area contributed by atoms with E-state index in [0.717, 1.165) is 19.3 Å². The van der Waals surface area contributed by atoms with Crippen molar-refractivity contribution < 1.29 is 4.79 Å². The van der Waals surface area contributed by atoms with Crippen LogP contribution in [0.3, 0.4) is 0 Å². The largest absolute Gasteiger partial charge is 0.294 e. The minimum Gasteiger partial charge on any atom is -0.294 e. The van der Waals surface area contributed by atoms with Gasteiger partial charge in [-0.2, -0.15) is 0 Å². The van der Waals surface area contributed by atoms with Gasteiger partial charge in [-0.3, -0.25) is 4.79 Å². The molecule has 0 aliphatic heterocycles. The first-order chi connectivity index (χ1) is 6.66. The predicted octanol–water partition coefficient (Wildman–Crippen LogP) is 3.98. The second-order valence-corrected chi connectivity index (χ2v) is 4.52. The first-order valence-corrected chi connectivity index (χ1v) is 5.43. The van der Waals surface area contributed by atoms with Crippen molar-refractivity contribution in [2.75, 3.05) is 0 Å². The molecule has 0 heterocycles. The van der Waals surface area contributed by atoms with Crippen LogP contribution in [0.1, 0.15) is 29.6 Å². The molecule has 0 saturated heterocycles. The first kappa shape index (κ1) is 10.0. The highest BCUT2D eigenvalue weighted by Gasteiger charge is 2.26. The van der Waals surface area contributed by atoms with Gasteiger partial charge in [-0.05, 0) is 31.0 Å². The number of carbonyl (C=O) groups excluding carboxylic acids is 1. The lowest BCUT2D eigenvalue weighted by molar-refractivity contribution is 0.0855. The van der Waals surface area contributed by atoms with Gasteiger partial charge in [0.2, 0.25) is 0 Å². The van der Waals surface area contributed by atoms with Crippen LogP contribution in [0, 0.1) is 5.92 Å². The molecule has 0 bridgehead atoms. The van der Waals surface area contributed by atoms with Crippen LogP contribution in [0.2, 0.25) is 10.0 Å². The Balaban J connectivity index is 2.26. The molecule has 0 N–H and O–H groups in total. The van der Waals surface area contributed by atoms with Crippen molar-refractivity contribution in [2.24, 2.45) is 5.92 Å². The summed E-state index contributed by atoms with van der Waals surface area (Å²) in [5.41, 5.74) is 0.646. The summed E-state index contributed by atoms with van der Waals surface area (Å²) in [4.78, 5) is 11.8. The lowest BCUT2D eigenvalue weighted by Crippen LogP contribution is -2.21. The summed E-state index contributed by atoms with van der Waals surface area (Å²) in [6.07, 6.45) is 3.16. The van der Waals surface area contributed by atoms with E-state index in [1.807, 2.05) is 0 Å². The molecule has 1 nitrogen and oxygen atoms in total. The Kier molecular flexibility index (Phi) is 2.80. The van der Waals surface area contributed by atoms with Crippen molar-refractivity contribution in [2.45, 2.75) is 19.3 Å². The number of hydrogen-bond acceptors (Lipinski definition) is 1. The van der Waals surface area contributed by atoms with E-state index in [1.54, 1.807) is 18.2 Å². The van der Waals surface area contributed by atoms with Gasteiger partial charge in [0, 0.05) is 21.5 Å². The molecule has 0 unspecified atom stereocenters. The monoisotopic (exact) mass is 228 g/mol. The van der Waals surface area contributed by atoms with Gasteiger partial charge < -0.3 is 0 Å². The topological polar surface area (TPSA) is 17.1 Å². The molecule has 0 radical (unpaired) electrons. The average Bonchev–Trinajstić information content (AvgIpc) is 1.98. The Labute approximate surface area is 93.0 Å². The molecule has 1 aliphatic rings. The van der Waals surface area contributed by atoms with Crippen LogP contribution in [0.15, 0.2) is 18.2 Å². The van der Waals surface area contributed by atoms with Crippen molar-refractivity contribution in [3.8, 4) is 0 Å². The fourth-order valence-electron chi connectivity index (χ4n) is 1.60. The fraction of sp³-hybridized carbons (Fsp3) is 0.364. The van der Waals surface area contributed by atoms with Crippen LogP contribution in [0.5, 0.6) is 0 Å². The van der Waals surface area contributed by atoms with Gasteiger partial charge in [-0.15, -0.1) is 0 Å². The highest BCUT2D eigenvalue weighted by atomic mass is 35.5. The standard InChI is InChI=1S/C11H10Cl2O/c12-9-4-8(5-10(13)6-9)11(14)7-2-1-3-7/h4-7H,1-3H2. The maximum absolute atomic E-state index is 11.8. The molecule has 0 aromatic heterocycles. The van der Waals surface area contributed by atoms with E-state index in [4.69, 9.17) is 23.2 Å². The van der Waals surface area contributed by atoms with Crippen LogP contribution in [0.4, 0.5) is 0 Å². The van der Waals surface area contributed by atoms with Crippen LogP contribution < -0.4 is 0 Å². The molecular formula is C11H10Cl2O. The first-order valence-electron chi connectivity index (χ1n) is 4.67. The third-order valence-electron chi connectivity index (χ3n) is 2.62. The summed E-state index contributed by atoms with van der Waals surface area (Å²) >= 11 is 11.6. The molecule has 2 rings (SSSR count). The van der Waals surface area contributed by atoms with Crippen LogP contribution in [-0.2, 0) is 0 Å². The third kappa shape index (κ3) is 1.94. The molecule has 1 fully saturated rings. The maximum Gasteiger partial charge on any atom is 0.166 e. The SMILES string of the molecule is O=C(c1cc(Cl)cc(Cl)c1)C1CCC1. The summed E-state index contributed by atoms with van der Waals surface area (Å²) in [6, 6.07) is 5.02. The van der Waals surface area contributed by atoms with Crippen molar-refractivity contribution >= 4 is 29.0 Å². The average molecular weight is 229 g/mol. The Morgan fingerprint density at radius 1 is 1.14 bits per heavy atom. The molecular weight excluding hydrogens is 219 g/mol. The quantitative estimate of drug-likeness (QED) is 0.701. The van der Waals surface area contributed by atoms with Gasteiger partial charge in [0.05, 0.1) is 0 Å². The zero-order chi connectivity index (χ0) is 10.1. The molecule has 1 aromatic carbocycles. The van der Waals surface area contributed by atoms with Gasteiger partial charge in [0.15, 0.2) is 5.78 Å². The second-order valence-electron chi connectivity index (χ2n) is 3.65. The highest BCUT2D eigenvalue weighted by molar-refractivity contribution is 6.35. The predicted molar refractivity (Wildman–Crippen MR) is 58.1 cm³/mol. The number of benzene rings is 1. The zero-order valence-corrected chi connectivity index (χ0v) is 9.11. The zero-order valence-electron chi connectivity index (χ0n) is 7.59. The lowest BCUT2D eigenvalue weighted by atomic mass is 9.80. The van der Waals surface area contributed by atoms with Crippen molar-refractivity contribution in [3.63, 3.8) is 0 Å². The molecule has 3 heteroatoms. The lowest BCUT2D eigenvalue weighted by Gasteiger charge is -2.23. The number of ketones is 1. The van der Waals surface area contributed by atoms with Gasteiger partial charge >= 0.3 is 0 Å². The molecule has 0 amide bonds. The van der Waals surface area contributed by atoms with E-state index < -0.39 is 0 Å². The summed E-state index contributed by atoms with van der Waals surface area (Å²) < 4.78 is 0. The Morgan fingerprint density at radius 3 is 2.14 bits per heavy atom. The number of rotatable bonds is 2. The van der Waals surface area contributed by atoms with E-state index in [0.29, 0.717) is 15.6 Å². The number of Topliss-reactive ketones (excluding diaryl/α,β-unsaturated/α-hetero) is 1. The van der Waals surface area contributed by atoms with Gasteiger partial charge in [0.25, 0.3) is 0 Å². The molecule has 0 atom stereocenters. The van der Waals surface area contributed by atoms with E-state index in [9.17, 15) is 4.79 Å². The molecule has 14 heavy (non-hydrogen) atoms. The second kappa shape index (κ2) is 3.92. The number of hydrogen-bond donors (Lipinski definition) is 0. The minimum atomic E-state index is 0.181. The molecule has 74 valence electrons. The normalized spacial score (nSPS) is 16.4. The smallest absolute Gasteiger partial charge is 0.166 e. The Bertz CT molecular complexity index is 349. The van der Waals surface area contributed by atoms with E-state index >= 15 is 0 Å². The van der Waals surface area contributed by atoms with Crippen molar-refractivity contribution in [1.29, 1.82) is 0 Å². The summed E-state index contributed by atoms with van der Waals surface area (Å²) in [7, 11) is 0. The third-order valence-corrected chi connectivity index (χ3v) is 3.06. The van der Waals surface area contributed by atoms with Crippen LogP contribution in [-0.4, -0.2) is 5.78 Å². The van der Waals surface area contributed by atoms with Crippen LogP contribution >= 0.6 is 23.2 Å². The summed E-state index contributed by atoms with van der Waals surface area (Å²) in [5.74, 6) is 0.380. The van der Waals surface area contributed by atoms with Gasteiger partial charge in [-0.1, -0.05) is 29.6 Å². The number of carbonyl (C=O) groups is 1. The Hall–Kier alpha value is -0.530. The van der Waals surface area contributed by atoms with Gasteiger partial charge in [-0.25, -0.2) is 0 Å². The highest BCUT2D eigenvalue weighted by Crippen LogP contribution is 2.31. The molecule has 1 aromatic rings. The Morgan fingerprint density at radius 2 is 1.71 bits per heavy atom. The van der Waals surface area contributed by atoms with Crippen molar-refractivity contribution in [1.82, 2.24) is 0 Å². The molecule has 0 spiro atoms. The summed E-state index contributed by atoms with van der Waals surface area (Å²) in [6.45, 7) is 0. The molecule has 1 saturated carbocycles.